The van der Waals surface area contributed by atoms with Crippen molar-refractivity contribution in [3.63, 3.8) is 0 Å². The highest BCUT2D eigenvalue weighted by atomic mass is 35.5. The maximum Gasteiger partial charge on any atom is 0.252 e. The SMILES string of the molecule is Cc1ccc(C)c(S(=O)(=O)NCCNC(=O)c2cc(S(C)(=O)=O)ccc2Cl)c1. The number of aryl methyl sites for hydroxylation is 2. The molecule has 0 saturated carbocycles. The van der Waals surface area contributed by atoms with Gasteiger partial charge in [0.1, 0.15) is 0 Å². The molecule has 0 aromatic heterocycles. The highest BCUT2D eigenvalue weighted by Gasteiger charge is 2.18. The van der Waals surface area contributed by atoms with Crippen molar-refractivity contribution < 1.29 is 21.6 Å². The Bertz CT molecular complexity index is 1110. The topological polar surface area (TPSA) is 109 Å². The minimum absolute atomic E-state index is 0.00183. The number of benzene rings is 2. The van der Waals surface area contributed by atoms with Crippen molar-refractivity contribution in [3.8, 4) is 0 Å². The van der Waals surface area contributed by atoms with Gasteiger partial charge in [0.05, 0.1) is 20.4 Å². The molecule has 0 spiro atoms. The van der Waals surface area contributed by atoms with Crippen molar-refractivity contribution >= 4 is 37.4 Å². The average molecular weight is 445 g/mol. The first kappa shape index (κ1) is 22.4. The van der Waals surface area contributed by atoms with Crippen molar-refractivity contribution in [3.05, 3.63) is 58.1 Å². The molecule has 2 aromatic rings. The predicted molar refractivity (Wildman–Crippen MR) is 108 cm³/mol. The van der Waals surface area contributed by atoms with Gasteiger partial charge < -0.3 is 5.32 Å². The van der Waals surface area contributed by atoms with E-state index < -0.39 is 25.8 Å². The maximum absolute atomic E-state index is 12.4. The first-order valence-corrected chi connectivity index (χ1v) is 12.0. The van der Waals surface area contributed by atoms with Crippen LogP contribution in [0.4, 0.5) is 0 Å². The smallest absolute Gasteiger partial charge is 0.252 e. The van der Waals surface area contributed by atoms with Crippen LogP contribution in [0, 0.1) is 13.8 Å². The Hall–Kier alpha value is -1.94. The van der Waals surface area contributed by atoms with Gasteiger partial charge in [-0.1, -0.05) is 23.7 Å². The number of amides is 1. The van der Waals surface area contributed by atoms with Crippen LogP contribution in [-0.2, 0) is 19.9 Å². The molecule has 0 aliphatic rings. The zero-order valence-corrected chi connectivity index (χ0v) is 18.0. The molecule has 28 heavy (non-hydrogen) atoms. The lowest BCUT2D eigenvalue weighted by molar-refractivity contribution is 0.0954. The standard InChI is InChI=1S/C18H21ClN2O5S2/c1-12-4-5-13(2)17(10-12)28(25,26)21-9-8-20-18(22)15-11-14(27(3,23)24)6-7-16(15)19/h4-7,10-11,21H,8-9H2,1-3H3,(H,20,22). The number of rotatable bonds is 7. The lowest BCUT2D eigenvalue weighted by atomic mass is 10.2. The molecule has 10 heteroatoms. The van der Waals surface area contributed by atoms with Gasteiger partial charge in [0.2, 0.25) is 10.0 Å². The molecular weight excluding hydrogens is 424 g/mol. The van der Waals surface area contributed by atoms with Gasteiger partial charge in [-0.25, -0.2) is 21.6 Å². The summed E-state index contributed by atoms with van der Waals surface area (Å²) < 4.78 is 50.5. The summed E-state index contributed by atoms with van der Waals surface area (Å²) in [6.45, 7) is 3.47. The second-order valence-electron chi connectivity index (χ2n) is 6.34. The van der Waals surface area contributed by atoms with Crippen molar-refractivity contribution in [1.29, 1.82) is 0 Å². The predicted octanol–water partition coefficient (Wildman–Crippen LogP) is 2.07. The molecule has 152 valence electrons. The van der Waals surface area contributed by atoms with Crippen LogP contribution >= 0.6 is 11.6 Å². The first-order valence-electron chi connectivity index (χ1n) is 8.26. The molecular formula is C18H21ClN2O5S2. The quantitative estimate of drug-likeness (QED) is 0.635. The monoisotopic (exact) mass is 444 g/mol. The Morgan fingerprint density at radius 2 is 1.68 bits per heavy atom. The summed E-state index contributed by atoms with van der Waals surface area (Å²) in [5.74, 6) is -0.596. The molecule has 0 aliphatic heterocycles. The van der Waals surface area contributed by atoms with Crippen LogP contribution in [0.15, 0.2) is 46.2 Å². The normalized spacial score (nSPS) is 12.0. The molecule has 2 N–H and O–H groups in total. The number of hydrogen-bond acceptors (Lipinski definition) is 5. The van der Waals surface area contributed by atoms with Gasteiger partial charge in [-0.05, 0) is 49.2 Å². The highest BCUT2D eigenvalue weighted by molar-refractivity contribution is 7.90. The van der Waals surface area contributed by atoms with Crippen LogP contribution in [0.2, 0.25) is 5.02 Å². The summed E-state index contributed by atoms with van der Waals surface area (Å²) in [6.07, 6.45) is 1.03. The summed E-state index contributed by atoms with van der Waals surface area (Å²) in [5, 5.41) is 2.62. The second kappa shape index (κ2) is 8.60. The van der Waals surface area contributed by atoms with Gasteiger partial charge >= 0.3 is 0 Å². The van der Waals surface area contributed by atoms with Crippen LogP contribution in [0.3, 0.4) is 0 Å². The molecule has 0 unspecified atom stereocenters. The molecule has 0 saturated heterocycles. The summed E-state index contributed by atoms with van der Waals surface area (Å²) in [7, 11) is -7.21. The molecule has 0 atom stereocenters. The Labute approximate surface area is 170 Å². The van der Waals surface area contributed by atoms with Crippen molar-refractivity contribution in [2.75, 3.05) is 19.3 Å². The zero-order chi connectivity index (χ0) is 21.1. The lowest BCUT2D eigenvalue weighted by Gasteiger charge is -2.11. The Morgan fingerprint density at radius 3 is 2.32 bits per heavy atom. The van der Waals surface area contributed by atoms with E-state index in [0.29, 0.717) is 5.56 Å². The van der Waals surface area contributed by atoms with Gasteiger partial charge in [-0.15, -0.1) is 0 Å². The number of carbonyl (C=O) groups excluding carboxylic acids is 1. The van der Waals surface area contributed by atoms with E-state index in [9.17, 15) is 21.6 Å². The lowest BCUT2D eigenvalue weighted by Crippen LogP contribution is -2.35. The third-order valence-corrected chi connectivity index (χ3v) is 6.99. The molecule has 0 aliphatic carbocycles. The van der Waals surface area contributed by atoms with E-state index in [1.807, 2.05) is 6.07 Å². The minimum atomic E-state index is -3.72. The van der Waals surface area contributed by atoms with E-state index in [4.69, 9.17) is 11.6 Å². The van der Waals surface area contributed by atoms with E-state index >= 15 is 0 Å². The molecule has 0 fully saturated rings. The Morgan fingerprint density at radius 1 is 1.00 bits per heavy atom. The number of sulfonamides is 1. The van der Waals surface area contributed by atoms with Crippen LogP contribution in [0.25, 0.3) is 0 Å². The third-order valence-electron chi connectivity index (χ3n) is 3.95. The van der Waals surface area contributed by atoms with E-state index in [-0.39, 0.29) is 33.5 Å². The van der Waals surface area contributed by atoms with Crippen molar-refractivity contribution in [2.24, 2.45) is 0 Å². The van der Waals surface area contributed by atoms with E-state index in [1.165, 1.54) is 18.2 Å². The van der Waals surface area contributed by atoms with E-state index in [0.717, 1.165) is 11.8 Å². The summed E-state index contributed by atoms with van der Waals surface area (Å²) >= 11 is 5.97. The van der Waals surface area contributed by atoms with E-state index in [2.05, 4.69) is 10.0 Å². The molecule has 2 rings (SSSR count). The number of carbonyl (C=O) groups is 1. The molecule has 0 heterocycles. The third kappa shape index (κ3) is 5.54. The number of nitrogens with one attached hydrogen (secondary N) is 2. The Kier molecular flexibility index (Phi) is 6.87. The van der Waals surface area contributed by atoms with Gasteiger partial charge in [0.25, 0.3) is 5.91 Å². The molecule has 0 bridgehead atoms. The fourth-order valence-corrected chi connectivity index (χ4v) is 4.65. The van der Waals surface area contributed by atoms with Crippen LogP contribution < -0.4 is 10.0 Å². The molecule has 2 aromatic carbocycles. The van der Waals surface area contributed by atoms with E-state index in [1.54, 1.807) is 26.0 Å². The number of hydrogen-bond donors (Lipinski definition) is 2. The minimum Gasteiger partial charge on any atom is -0.351 e. The van der Waals surface area contributed by atoms with Crippen LogP contribution in [0.1, 0.15) is 21.5 Å². The molecule has 0 radical (unpaired) electrons. The average Bonchev–Trinajstić information content (AvgIpc) is 2.60. The summed E-state index contributed by atoms with van der Waals surface area (Å²) in [4.78, 5) is 12.4. The number of sulfone groups is 1. The van der Waals surface area contributed by atoms with Crippen molar-refractivity contribution in [1.82, 2.24) is 10.0 Å². The highest BCUT2D eigenvalue weighted by Crippen LogP contribution is 2.20. The van der Waals surface area contributed by atoms with Gasteiger partial charge in [-0.3, -0.25) is 4.79 Å². The van der Waals surface area contributed by atoms with Crippen LogP contribution in [-0.4, -0.2) is 42.1 Å². The molecule has 7 nitrogen and oxygen atoms in total. The molecule has 1 amide bonds. The Balaban J connectivity index is 2.02. The number of halogens is 1. The van der Waals surface area contributed by atoms with Crippen LogP contribution in [0.5, 0.6) is 0 Å². The second-order valence-corrected chi connectivity index (χ2v) is 10.5. The van der Waals surface area contributed by atoms with Crippen molar-refractivity contribution in [2.45, 2.75) is 23.6 Å². The summed E-state index contributed by atoms with van der Waals surface area (Å²) in [5.41, 5.74) is 1.44. The van der Waals surface area contributed by atoms with Gasteiger partial charge in [0.15, 0.2) is 9.84 Å². The first-order chi connectivity index (χ1) is 12.9. The summed E-state index contributed by atoms with van der Waals surface area (Å²) in [6, 6.07) is 8.95. The zero-order valence-electron chi connectivity index (χ0n) is 15.6. The fraction of sp³-hybridized carbons (Fsp3) is 0.278. The van der Waals surface area contributed by atoms with Gasteiger partial charge in [0, 0.05) is 19.3 Å². The van der Waals surface area contributed by atoms with Gasteiger partial charge in [-0.2, -0.15) is 0 Å². The maximum atomic E-state index is 12.4. The fourth-order valence-electron chi connectivity index (χ4n) is 2.44. The largest absolute Gasteiger partial charge is 0.351 e.